The highest BCUT2D eigenvalue weighted by atomic mass is 16.2. The Morgan fingerprint density at radius 2 is 1.82 bits per heavy atom. The zero-order chi connectivity index (χ0) is 23.5. The van der Waals surface area contributed by atoms with Gasteiger partial charge in [0.15, 0.2) is 11.2 Å². The van der Waals surface area contributed by atoms with Gasteiger partial charge in [0.25, 0.3) is 5.56 Å². The second kappa shape index (κ2) is 10.3. The van der Waals surface area contributed by atoms with Crippen molar-refractivity contribution in [1.29, 1.82) is 0 Å². The summed E-state index contributed by atoms with van der Waals surface area (Å²) in [6, 6.07) is 0.0880. The number of imidazole rings is 1. The predicted octanol–water partition coefficient (Wildman–Crippen LogP) is 1.67. The van der Waals surface area contributed by atoms with E-state index in [9.17, 15) is 9.59 Å². The smallest absolute Gasteiger partial charge is 0.332 e. The minimum Gasteiger partial charge on any atom is -0.341 e. The zero-order valence-corrected chi connectivity index (χ0v) is 20.4. The molecule has 0 amide bonds. The van der Waals surface area contributed by atoms with E-state index in [4.69, 9.17) is 10.7 Å². The summed E-state index contributed by atoms with van der Waals surface area (Å²) in [4.78, 5) is 35.9. The quantitative estimate of drug-likeness (QED) is 0.636. The topological polar surface area (TPSA) is 94.3 Å². The Balaban J connectivity index is 1.75. The van der Waals surface area contributed by atoms with Gasteiger partial charge in [-0.1, -0.05) is 18.1 Å². The number of hydrogen-bond acceptors (Lipinski definition) is 6. The number of fused-ring (bicyclic) bond motifs is 1. The van der Waals surface area contributed by atoms with Crippen LogP contribution in [0.3, 0.4) is 0 Å². The van der Waals surface area contributed by atoms with Crippen LogP contribution in [-0.4, -0.2) is 62.4 Å². The minimum absolute atomic E-state index is 0.0880. The lowest BCUT2D eigenvalue weighted by atomic mass is 10.1. The molecule has 0 aliphatic carbocycles. The molecule has 2 N–H and O–H groups in total. The summed E-state index contributed by atoms with van der Waals surface area (Å²) >= 11 is 0. The van der Waals surface area contributed by atoms with Gasteiger partial charge in [0.1, 0.15) is 0 Å². The van der Waals surface area contributed by atoms with Crippen LogP contribution in [0.2, 0.25) is 0 Å². The first-order chi connectivity index (χ1) is 15.9. The SMILES string of the molecule is CC(C)=CCn1c(N2CCCC(N)C2)nc2c1c(=O)n(C)c(=O)n2CCCN1CCCCC1. The number of allylic oxidation sites excluding steroid dienone is 2. The third kappa shape index (κ3) is 5.09. The van der Waals surface area contributed by atoms with Crippen molar-refractivity contribution in [2.75, 3.05) is 37.6 Å². The lowest BCUT2D eigenvalue weighted by Crippen LogP contribution is -2.44. The fraction of sp³-hybridized carbons (Fsp3) is 0.708. The molecule has 2 fully saturated rings. The first-order valence-corrected chi connectivity index (χ1v) is 12.4. The number of hydrogen-bond donors (Lipinski definition) is 1. The van der Waals surface area contributed by atoms with Crippen LogP contribution >= 0.6 is 0 Å². The van der Waals surface area contributed by atoms with E-state index in [-0.39, 0.29) is 17.3 Å². The average Bonchev–Trinajstić information content (AvgIpc) is 3.18. The lowest BCUT2D eigenvalue weighted by molar-refractivity contribution is 0.222. The monoisotopic (exact) mass is 457 g/mol. The summed E-state index contributed by atoms with van der Waals surface area (Å²) in [6.07, 6.45) is 8.75. The molecule has 9 heteroatoms. The average molecular weight is 458 g/mol. The summed E-state index contributed by atoms with van der Waals surface area (Å²) in [5.74, 6) is 0.741. The number of nitrogens with zero attached hydrogens (tertiary/aromatic N) is 6. The van der Waals surface area contributed by atoms with Crippen LogP contribution in [0.15, 0.2) is 21.2 Å². The molecule has 0 saturated carbocycles. The fourth-order valence-corrected chi connectivity index (χ4v) is 5.06. The van der Waals surface area contributed by atoms with Crippen molar-refractivity contribution < 1.29 is 0 Å². The van der Waals surface area contributed by atoms with E-state index in [1.807, 2.05) is 18.4 Å². The van der Waals surface area contributed by atoms with Crippen LogP contribution in [0.4, 0.5) is 5.95 Å². The molecular formula is C24H39N7O2. The molecule has 182 valence electrons. The van der Waals surface area contributed by atoms with Gasteiger partial charge in [-0.25, -0.2) is 4.79 Å². The number of rotatable bonds is 7. The largest absolute Gasteiger partial charge is 0.341 e. The van der Waals surface area contributed by atoms with Gasteiger partial charge in [-0.15, -0.1) is 0 Å². The number of aryl methyl sites for hydroxylation is 1. The zero-order valence-electron chi connectivity index (χ0n) is 20.4. The summed E-state index contributed by atoms with van der Waals surface area (Å²) < 4.78 is 4.91. The van der Waals surface area contributed by atoms with Gasteiger partial charge in [-0.2, -0.15) is 4.98 Å². The van der Waals surface area contributed by atoms with Crippen LogP contribution in [0.25, 0.3) is 11.2 Å². The van der Waals surface area contributed by atoms with E-state index in [0.717, 1.165) is 51.4 Å². The maximum atomic E-state index is 13.3. The molecule has 2 aromatic rings. The molecular weight excluding hydrogens is 418 g/mol. The third-order valence-corrected chi connectivity index (χ3v) is 6.94. The van der Waals surface area contributed by atoms with Crippen molar-refractivity contribution >= 4 is 17.1 Å². The summed E-state index contributed by atoms with van der Waals surface area (Å²) in [6.45, 7) is 9.97. The molecule has 0 radical (unpaired) electrons. The maximum absolute atomic E-state index is 13.3. The van der Waals surface area contributed by atoms with Crippen LogP contribution in [0.5, 0.6) is 0 Å². The second-order valence-electron chi connectivity index (χ2n) is 9.88. The minimum atomic E-state index is -0.292. The van der Waals surface area contributed by atoms with Gasteiger partial charge in [0, 0.05) is 39.3 Å². The molecule has 0 bridgehead atoms. The number of nitrogens with two attached hydrogens (primary N) is 1. The number of aromatic nitrogens is 4. The van der Waals surface area contributed by atoms with Crippen molar-refractivity contribution in [3.8, 4) is 0 Å². The Labute approximate surface area is 195 Å². The molecule has 2 aliphatic rings. The maximum Gasteiger partial charge on any atom is 0.332 e. The molecule has 33 heavy (non-hydrogen) atoms. The van der Waals surface area contributed by atoms with Crippen LogP contribution in [-0.2, 0) is 20.1 Å². The standard InChI is InChI=1S/C24H39N7O2/c1-18(2)10-16-30-20-21(26-23(30)29-14-7-9-19(25)17-29)31(24(33)27(3)22(20)32)15-8-13-28-11-5-4-6-12-28/h10,19H,4-9,11-17,25H2,1-3H3. The Hall–Kier alpha value is -2.39. The molecule has 1 unspecified atom stereocenters. The first kappa shape index (κ1) is 23.8. The molecule has 0 spiro atoms. The highest BCUT2D eigenvalue weighted by molar-refractivity contribution is 5.75. The molecule has 4 rings (SSSR count). The summed E-state index contributed by atoms with van der Waals surface area (Å²) in [5, 5.41) is 0. The van der Waals surface area contributed by atoms with Gasteiger partial charge >= 0.3 is 5.69 Å². The molecule has 2 aromatic heterocycles. The Bertz CT molecular complexity index is 1120. The van der Waals surface area contributed by atoms with Crippen LogP contribution in [0.1, 0.15) is 52.4 Å². The number of likely N-dealkylation sites (tertiary alicyclic amines) is 1. The molecule has 9 nitrogen and oxygen atoms in total. The molecule has 2 saturated heterocycles. The number of piperidine rings is 2. The van der Waals surface area contributed by atoms with Crippen molar-refractivity contribution in [3.05, 3.63) is 32.5 Å². The molecule has 0 aromatic carbocycles. The summed E-state index contributed by atoms with van der Waals surface area (Å²) in [5.41, 5.74) is 7.85. The second-order valence-corrected chi connectivity index (χ2v) is 9.88. The molecule has 1 atom stereocenters. The van der Waals surface area contributed by atoms with Gasteiger partial charge in [0.2, 0.25) is 5.95 Å². The van der Waals surface area contributed by atoms with Crippen molar-refractivity contribution in [3.63, 3.8) is 0 Å². The van der Waals surface area contributed by atoms with Gasteiger partial charge in [-0.3, -0.25) is 13.9 Å². The van der Waals surface area contributed by atoms with Crippen molar-refractivity contribution in [2.24, 2.45) is 12.8 Å². The van der Waals surface area contributed by atoms with Gasteiger partial charge in [-0.05, 0) is 65.6 Å². The first-order valence-electron chi connectivity index (χ1n) is 12.4. The Kier molecular flexibility index (Phi) is 7.38. The van der Waals surface area contributed by atoms with Crippen molar-refractivity contribution in [1.82, 2.24) is 23.6 Å². The molecule has 4 heterocycles. The Morgan fingerprint density at radius 3 is 2.52 bits per heavy atom. The summed E-state index contributed by atoms with van der Waals surface area (Å²) in [7, 11) is 1.57. The van der Waals surface area contributed by atoms with E-state index in [1.165, 1.54) is 29.4 Å². The van der Waals surface area contributed by atoms with Gasteiger partial charge < -0.3 is 20.1 Å². The van der Waals surface area contributed by atoms with E-state index in [0.29, 0.717) is 30.8 Å². The predicted molar refractivity (Wildman–Crippen MR) is 133 cm³/mol. The van der Waals surface area contributed by atoms with E-state index in [1.54, 1.807) is 11.6 Å². The van der Waals surface area contributed by atoms with Crippen LogP contribution in [0, 0.1) is 0 Å². The normalized spacial score (nSPS) is 19.9. The van der Waals surface area contributed by atoms with Crippen molar-refractivity contribution in [2.45, 2.75) is 71.5 Å². The van der Waals surface area contributed by atoms with E-state index in [2.05, 4.69) is 15.9 Å². The highest BCUT2D eigenvalue weighted by Crippen LogP contribution is 2.23. The van der Waals surface area contributed by atoms with E-state index >= 15 is 0 Å². The van der Waals surface area contributed by atoms with E-state index < -0.39 is 0 Å². The molecule has 2 aliphatic heterocycles. The fourth-order valence-electron chi connectivity index (χ4n) is 5.06. The van der Waals surface area contributed by atoms with Crippen LogP contribution < -0.4 is 21.9 Å². The Morgan fingerprint density at radius 1 is 1.06 bits per heavy atom. The number of anilines is 1. The van der Waals surface area contributed by atoms with Gasteiger partial charge in [0.05, 0.1) is 0 Å². The third-order valence-electron chi connectivity index (χ3n) is 6.94. The lowest BCUT2D eigenvalue weighted by Gasteiger charge is -2.31. The highest BCUT2D eigenvalue weighted by Gasteiger charge is 2.26.